The third-order valence-electron chi connectivity index (χ3n) is 5.02. The maximum Gasteiger partial charge on any atom is 0.237 e. The SMILES string of the molecule is Cc1cc2nc(N(C)CCCNC(=O)C3CCCN3)nc(N)c2cc1C. The highest BCUT2D eigenvalue weighted by Gasteiger charge is 2.21. The Morgan fingerprint density at radius 3 is 2.85 bits per heavy atom. The summed E-state index contributed by atoms with van der Waals surface area (Å²) in [7, 11) is 1.95. The highest BCUT2D eigenvalue weighted by atomic mass is 16.2. The average Bonchev–Trinajstić information content (AvgIpc) is 3.14. The van der Waals surface area contributed by atoms with Crippen molar-refractivity contribution in [2.45, 2.75) is 39.2 Å². The number of aromatic nitrogens is 2. The lowest BCUT2D eigenvalue weighted by Crippen LogP contribution is -2.41. The number of nitrogens with two attached hydrogens (primary N) is 1. The van der Waals surface area contributed by atoms with E-state index in [1.165, 1.54) is 11.1 Å². The van der Waals surface area contributed by atoms with Gasteiger partial charge in [0.2, 0.25) is 11.9 Å². The van der Waals surface area contributed by atoms with Gasteiger partial charge in [-0.1, -0.05) is 0 Å². The molecule has 26 heavy (non-hydrogen) atoms. The molecular weight excluding hydrogens is 328 g/mol. The van der Waals surface area contributed by atoms with E-state index in [1.54, 1.807) is 0 Å². The standard InChI is InChI=1S/C19H28N6O/c1-12-10-14-16(11-13(12)2)23-19(24-17(14)20)25(3)9-5-8-22-18(26)15-6-4-7-21-15/h10-11,15,21H,4-9H2,1-3H3,(H,22,26)(H2,20,23,24). The molecule has 0 radical (unpaired) electrons. The minimum Gasteiger partial charge on any atom is -0.383 e. The van der Waals surface area contributed by atoms with E-state index in [9.17, 15) is 4.79 Å². The zero-order valence-corrected chi connectivity index (χ0v) is 15.8. The minimum absolute atomic E-state index is 0.0250. The Hall–Kier alpha value is -2.41. The first-order chi connectivity index (χ1) is 12.5. The number of nitrogen functional groups attached to an aromatic ring is 1. The van der Waals surface area contributed by atoms with E-state index < -0.39 is 0 Å². The number of benzene rings is 1. The number of nitrogens with zero attached hydrogens (tertiary/aromatic N) is 3. The molecule has 1 aromatic carbocycles. The lowest BCUT2D eigenvalue weighted by molar-refractivity contribution is -0.122. The number of rotatable bonds is 6. The number of anilines is 2. The Morgan fingerprint density at radius 2 is 2.12 bits per heavy atom. The summed E-state index contributed by atoms with van der Waals surface area (Å²) in [5, 5.41) is 7.09. The number of hydrogen-bond acceptors (Lipinski definition) is 6. The van der Waals surface area contributed by atoms with E-state index in [1.807, 2.05) is 18.0 Å². The van der Waals surface area contributed by atoms with Crippen molar-refractivity contribution in [2.24, 2.45) is 0 Å². The normalized spacial score (nSPS) is 16.8. The van der Waals surface area contributed by atoms with Crippen LogP contribution in [0.2, 0.25) is 0 Å². The molecule has 4 N–H and O–H groups in total. The molecule has 2 aromatic rings. The summed E-state index contributed by atoms with van der Waals surface area (Å²) in [5.41, 5.74) is 9.37. The van der Waals surface area contributed by atoms with Gasteiger partial charge in [-0.3, -0.25) is 4.79 Å². The molecule has 1 unspecified atom stereocenters. The van der Waals surface area contributed by atoms with Gasteiger partial charge in [-0.2, -0.15) is 4.98 Å². The van der Waals surface area contributed by atoms with Gasteiger partial charge in [0.1, 0.15) is 5.82 Å². The molecule has 2 heterocycles. The molecule has 0 aliphatic carbocycles. The Labute approximate surface area is 154 Å². The van der Waals surface area contributed by atoms with Crippen LogP contribution < -0.4 is 21.3 Å². The van der Waals surface area contributed by atoms with Gasteiger partial charge in [0.15, 0.2) is 0 Å². The topological polar surface area (TPSA) is 96.2 Å². The van der Waals surface area contributed by atoms with Crippen LogP contribution in [-0.4, -0.2) is 48.6 Å². The van der Waals surface area contributed by atoms with Crippen LogP contribution in [0.3, 0.4) is 0 Å². The molecule has 7 heteroatoms. The second-order valence-corrected chi connectivity index (χ2v) is 7.08. The molecule has 1 fully saturated rings. The van der Waals surface area contributed by atoms with Crippen molar-refractivity contribution in [3.05, 3.63) is 23.3 Å². The Bertz CT molecular complexity index is 800. The summed E-state index contributed by atoms with van der Waals surface area (Å²) in [6.45, 7) is 6.44. The van der Waals surface area contributed by atoms with Crippen LogP contribution in [0.5, 0.6) is 0 Å². The molecule has 1 amide bonds. The third-order valence-corrected chi connectivity index (χ3v) is 5.02. The van der Waals surface area contributed by atoms with E-state index in [0.29, 0.717) is 18.3 Å². The molecule has 1 saturated heterocycles. The fourth-order valence-electron chi connectivity index (χ4n) is 3.23. The Kier molecular flexibility index (Phi) is 5.56. The lowest BCUT2D eigenvalue weighted by Gasteiger charge is -2.19. The van der Waals surface area contributed by atoms with Crippen molar-refractivity contribution in [2.75, 3.05) is 37.3 Å². The van der Waals surface area contributed by atoms with Crippen LogP contribution >= 0.6 is 0 Å². The quantitative estimate of drug-likeness (QED) is 0.679. The van der Waals surface area contributed by atoms with Crippen molar-refractivity contribution in [3.63, 3.8) is 0 Å². The van der Waals surface area contributed by atoms with E-state index in [-0.39, 0.29) is 11.9 Å². The average molecular weight is 356 g/mol. The summed E-state index contributed by atoms with van der Waals surface area (Å²) in [6.07, 6.45) is 2.82. The Balaban J connectivity index is 1.58. The number of nitrogens with one attached hydrogen (secondary N) is 2. The zero-order chi connectivity index (χ0) is 18.7. The zero-order valence-electron chi connectivity index (χ0n) is 15.8. The summed E-state index contributed by atoms with van der Waals surface area (Å²) in [4.78, 5) is 23.1. The van der Waals surface area contributed by atoms with Gasteiger partial charge in [0.05, 0.1) is 11.6 Å². The minimum atomic E-state index is -0.0250. The van der Waals surface area contributed by atoms with Crippen LogP contribution in [0.1, 0.15) is 30.4 Å². The predicted octanol–water partition coefficient (Wildman–Crippen LogP) is 1.52. The van der Waals surface area contributed by atoms with E-state index >= 15 is 0 Å². The number of fused-ring (bicyclic) bond motifs is 1. The molecule has 0 saturated carbocycles. The van der Waals surface area contributed by atoms with Gasteiger partial charge in [-0.15, -0.1) is 0 Å². The first-order valence-electron chi connectivity index (χ1n) is 9.22. The molecular formula is C19H28N6O. The molecule has 1 aromatic heterocycles. The van der Waals surface area contributed by atoms with E-state index in [0.717, 1.165) is 43.3 Å². The lowest BCUT2D eigenvalue weighted by atomic mass is 10.1. The second kappa shape index (κ2) is 7.86. The van der Waals surface area contributed by atoms with Crippen molar-refractivity contribution < 1.29 is 4.79 Å². The predicted molar refractivity (Wildman–Crippen MR) is 105 cm³/mol. The largest absolute Gasteiger partial charge is 0.383 e. The van der Waals surface area contributed by atoms with Crippen molar-refractivity contribution >= 4 is 28.6 Å². The number of hydrogen-bond donors (Lipinski definition) is 3. The third kappa shape index (κ3) is 4.04. The fraction of sp³-hybridized carbons (Fsp3) is 0.526. The van der Waals surface area contributed by atoms with Gasteiger partial charge < -0.3 is 21.3 Å². The first-order valence-corrected chi connectivity index (χ1v) is 9.22. The van der Waals surface area contributed by atoms with Crippen molar-refractivity contribution in [1.29, 1.82) is 0 Å². The Morgan fingerprint density at radius 1 is 1.35 bits per heavy atom. The molecule has 1 atom stereocenters. The highest BCUT2D eigenvalue weighted by Crippen LogP contribution is 2.24. The number of amides is 1. The summed E-state index contributed by atoms with van der Waals surface area (Å²) in [5.74, 6) is 1.21. The van der Waals surface area contributed by atoms with E-state index in [4.69, 9.17) is 5.73 Å². The first kappa shape index (κ1) is 18.4. The van der Waals surface area contributed by atoms with Gasteiger partial charge in [0, 0.05) is 25.5 Å². The molecule has 3 rings (SSSR count). The fourth-order valence-corrected chi connectivity index (χ4v) is 3.23. The molecule has 1 aliphatic rings. The maximum absolute atomic E-state index is 12.0. The van der Waals surface area contributed by atoms with Crippen LogP contribution in [-0.2, 0) is 4.79 Å². The molecule has 0 bridgehead atoms. The van der Waals surface area contributed by atoms with Gasteiger partial charge in [-0.05, 0) is 62.9 Å². The molecule has 0 spiro atoms. The number of carbonyl (C=O) groups is 1. The van der Waals surface area contributed by atoms with Crippen LogP contribution in [0, 0.1) is 13.8 Å². The van der Waals surface area contributed by atoms with Gasteiger partial charge in [-0.25, -0.2) is 4.98 Å². The molecule has 1 aliphatic heterocycles. The molecule has 7 nitrogen and oxygen atoms in total. The highest BCUT2D eigenvalue weighted by molar-refractivity contribution is 5.90. The van der Waals surface area contributed by atoms with Crippen molar-refractivity contribution in [3.8, 4) is 0 Å². The maximum atomic E-state index is 12.0. The molecule has 140 valence electrons. The summed E-state index contributed by atoms with van der Waals surface area (Å²) < 4.78 is 0. The van der Waals surface area contributed by atoms with E-state index in [2.05, 4.69) is 40.5 Å². The summed E-state index contributed by atoms with van der Waals surface area (Å²) in [6, 6.07) is 4.06. The number of aryl methyl sites for hydroxylation is 2. The van der Waals surface area contributed by atoms with Crippen LogP contribution in [0.15, 0.2) is 12.1 Å². The monoisotopic (exact) mass is 356 g/mol. The smallest absolute Gasteiger partial charge is 0.237 e. The van der Waals surface area contributed by atoms with Crippen LogP contribution in [0.25, 0.3) is 10.9 Å². The second-order valence-electron chi connectivity index (χ2n) is 7.08. The summed E-state index contributed by atoms with van der Waals surface area (Å²) >= 11 is 0. The number of carbonyl (C=O) groups excluding carboxylic acids is 1. The van der Waals surface area contributed by atoms with Crippen LogP contribution in [0.4, 0.5) is 11.8 Å². The van der Waals surface area contributed by atoms with Gasteiger partial charge in [0.25, 0.3) is 0 Å². The van der Waals surface area contributed by atoms with Crippen molar-refractivity contribution in [1.82, 2.24) is 20.6 Å². The van der Waals surface area contributed by atoms with Gasteiger partial charge >= 0.3 is 0 Å².